The molecule has 1 N–H and O–H groups in total. The van der Waals surface area contributed by atoms with Crippen LogP contribution in [0.3, 0.4) is 0 Å². The Balaban J connectivity index is 2.26. The zero-order valence-corrected chi connectivity index (χ0v) is 12.0. The molecule has 0 aliphatic rings. The average molecular weight is 253 g/mol. The molecular weight excluding hydrogens is 230 g/mol. The summed E-state index contributed by atoms with van der Waals surface area (Å²) in [6.45, 7) is 7.49. The van der Waals surface area contributed by atoms with Gasteiger partial charge in [0.25, 0.3) is 0 Å². The Morgan fingerprint density at radius 3 is 2.35 bits per heavy atom. The largest absolute Gasteiger partial charge is 0.389 e. The topological polar surface area (TPSA) is 23.5 Å². The van der Waals surface area contributed by atoms with Crippen LogP contribution in [0, 0.1) is 6.92 Å². The molecule has 0 heterocycles. The van der Waals surface area contributed by atoms with Crippen molar-refractivity contribution < 1.29 is 5.11 Å². The first kappa shape index (κ1) is 14.6. The minimum absolute atomic E-state index is 0.608. The van der Waals surface area contributed by atoms with Gasteiger partial charge < -0.3 is 10.0 Å². The van der Waals surface area contributed by atoms with Gasteiger partial charge in [0.1, 0.15) is 0 Å². The normalized spacial score (nSPS) is 12.1. The summed E-state index contributed by atoms with van der Waals surface area (Å²) in [5, 5.41) is 9.69. The van der Waals surface area contributed by atoms with Gasteiger partial charge in [0.05, 0.1) is 5.60 Å². The number of aryl methyl sites for hydroxylation is 1. The van der Waals surface area contributed by atoms with Gasteiger partial charge in [-0.2, -0.15) is 0 Å². The van der Waals surface area contributed by atoms with E-state index < -0.39 is 5.60 Å². The molecule has 1 aromatic rings. The SMILES string of the molecule is Cc1ccc(SCCN(C)CC(C)(C)O)cc1. The molecule has 0 bridgehead atoms. The second-order valence-corrected chi connectivity index (χ2v) is 6.38. The molecule has 1 aromatic carbocycles. The molecule has 0 aliphatic heterocycles. The van der Waals surface area contributed by atoms with Crippen molar-refractivity contribution in [3.8, 4) is 0 Å². The summed E-state index contributed by atoms with van der Waals surface area (Å²) >= 11 is 1.86. The van der Waals surface area contributed by atoms with Crippen molar-refractivity contribution in [2.45, 2.75) is 31.3 Å². The van der Waals surface area contributed by atoms with Crippen molar-refractivity contribution >= 4 is 11.8 Å². The van der Waals surface area contributed by atoms with Crippen molar-refractivity contribution in [1.29, 1.82) is 0 Å². The maximum atomic E-state index is 9.69. The van der Waals surface area contributed by atoms with Crippen LogP contribution < -0.4 is 0 Å². The van der Waals surface area contributed by atoms with Gasteiger partial charge in [-0.15, -0.1) is 11.8 Å². The second kappa shape index (κ2) is 6.43. The van der Waals surface area contributed by atoms with Crippen LogP contribution in [0.1, 0.15) is 19.4 Å². The maximum absolute atomic E-state index is 9.69. The van der Waals surface area contributed by atoms with Crippen molar-refractivity contribution in [3.63, 3.8) is 0 Å². The first-order valence-electron chi connectivity index (χ1n) is 5.97. The lowest BCUT2D eigenvalue weighted by Gasteiger charge is -2.25. The van der Waals surface area contributed by atoms with E-state index >= 15 is 0 Å². The second-order valence-electron chi connectivity index (χ2n) is 5.21. The van der Waals surface area contributed by atoms with Crippen LogP contribution in [0.15, 0.2) is 29.2 Å². The monoisotopic (exact) mass is 253 g/mol. The fourth-order valence-corrected chi connectivity index (χ4v) is 2.66. The van der Waals surface area contributed by atoms with Crippen LogP contribution in [0.25, 0.3) is 0 Å². The first-order valence-corrected chi connectivity index (χ1v) is 6.96. The van der Waals surface area contributed by atoms with Crippen LogP contribution >= 0.6 is 11.8 Å². The standard InChI is InChI=1S/C14H23NOS/c1-12-5-7-13(8-6-12)17-10-9-15(4)11-14(2,3)16/h5-8,16H,9-11H2,1-4H3. The zero-order valence-electron chi connectivity index (χ0n) is 11.2. The lowest BCUT2D eigenvalue weighted by molar-refractivity contribution is 0.0465. The van der Waals surface area contributed by atoms with E-state index in [1.807, 2.05) is 32.7 Å². The molecule has 1 rings (SSSR count). The van der Waals surface area contributed by atoms with Crippen molar-refractivity contribution in [2.75, 3.05) is 25.9 Å². The van der Waals surface area contributed by atoms with E-state index in [4.69, 9.17) is 0 Å². The number of benzene rings is 1. The van der Waals surface area contributed by atoms with Gasteiger partial charge in [-0.3, -0.25) is 0 Å². The minimum atomic E-state index is -0.608. The number of aliphatic hydroxyl groups is 1. The number of rotatable bonds is 6. The van der Waals surface area contributed by atoms with Gasteiger partial charge >= 0.3 is 0 Å². The molecule has 0 saturated heterocycles. The summed E-state index contributed by atoms with van der Waals surface area (Å²) in [6, 6.07) is 8.61. The van der Waals surface area contributed by atoms with E-state index in [2.05, 4.69) is 36.1 Å². The molecule has 0 aromatic heterocycles. The predicted molar refractivity (Wildman–Crippen MR) is 75.7 cm³/mol. The highest BCUT2D eigenvalue weighted by atomic mass is 32.2. The summed E-state index contributed by atoms with van der Waals surface area (Å²) in [6.07, 6.45) is 0. The van der Waals surface area contributed by atoms with E-state index in [0.717, 1.165) is 12.3 Å². The molecule has 0 radical (unpaired) electrons. The molecule has 3 heteroatoms. The Labute approximate surface area is 109 Å². The third-order valence-corrected chi connectivity index (χ3v) is 3.41. The van der Waals surface area contributed by atoms with Crippen molar-refractivity contribution in [1.82, 2.24) is 4.90 Å². The summed E-state index contributed by atoms with van der Waals surface area (Å²) in [7, 11) is 2.05. The molecule has 0 saturated carbocycles. The summed E-state index contributed by atoms with van der Waals surface area (Å²) in [5.41, 5.74) is 0.692. The number of hydrogen-bond acceptors (Lipinski definition) is 3. The van der Waals surface area contributed by atoms with Crippen molar-refractivity contribution in [3.05, 3.63) is 29.8 Å². The van der Waals surface area contributed by atoms with Gasteiger partial charge in [-0.05, 0) is 40.0 Å². The molecule has 0 amide bonds. The number of likely N-dealkylation sites (N-methyl/N-ethyl adjacent to an activating group) is 1. The van der Waals surface area contributed by atoms with E-state index in [-0.39, 0.29) is 0 Å². The number of hydrogen-bond donors (Lipinski definition) is 1. The van der Waals surface area contributed by atoms with Crippen LogP contribution in [0.2, 0.25) is 0 Å². The molecule has 0 spiro atoms. The summed E-state index contributed by atoms with van der Waals surface area (Å²) in [5.74, 6) is 1.05. The molecular formula is C14H23NOS. The highest BCUT2D eigenvalue weighted by Gasteiger charge is 2.14. The number of nitrogens with zero attached hydrogens (tertiary/aromatic N) is 1. The van der Waals surface area contributed by atoms with Crippen LogP contribution in [0.5, 0.6) is 0 Å². The van der Waals surface area contributed by atoms with E-state index in [1.54, 1.807) is 0 Å². The van der Waals surface area contributed by atoms with Gasteiger partial charge in [0.15, 0.2) is 0 Å². The fourth-order valence-electron chi connectivity index (χ4n) is 1.69. The Morgan fingerprint density at radius 2 is 1.82 bits per heavy atom. The van der Waals surface area contributed by atoms with Gasteiger partial charge in [0, 0.05) is 23.7 Å². The Hall–Kier alpha value is -0.510. The molecule has 96 valence electrons. The molecule has 0 aliphatic carbocycles. The Kier molecular flexibility index (Phi) is 5.50. The molecule has 17 heavy (non-hydrogen) atoms. The maximum Gasteiger partial charge on any atom is 0.0718 e. The van der Waals surface area contributed by atoms with Gasteiger partial charge in [0.2, 0.25) is 0 Å². The van der Waals surface area contributed by atoms with Crippen LogP contribution in [0.4, 0.5) is 0 Å². The predicted octanol–water partition coefficient (Wildman–Crippen LogP) is 2.79. The fraction of sp³-hybridized carbons (Fsp3) is 0.571. The van der Waals surface area contributed by atoms with E-state index in [1.165, 1.54) is 10.5 Å². The molecule has 0 atom stereocenters. The third-order valence-electron chi connectivity index (χ3n) is 2.42. The molecule has 0 fully saturated rings. The van der Waals surface area contributed by atoms with Crippen LogP contribution in [-0.2, 0) is 0 Å². The Morgan fingerprint density at radius 1 is 1.24 bits per heavy atom. The summed E-state index contributed by atoms with van der Waals surface area (Å²) in [4.78, 5) is 3.48. The third kappa shape index (κ3) is 6.71. The van der Waals surface area contributed by atoms with Crippen LogP contribution in [-0.4, -0.2) is 41.5 Å². The lowest BCUT2D eigenvalue weighted by atomic mass is 10.1. The van der Waals surface area contributed by atoms with Gasteiger partial charge in [-0.1, -0.05) is 17.7 Å². The van der Waals surface area contributed by atoms with E-state index in [0.29, 0.717) is 6.54 Å². The van der Waals surface area contributed by atoms with Gasteiger partial charge in [-0.25, -0.2) is 0 Å². The lowest BCUT2D eigenvalue weighted by Crippen LogP contribution is -2.37. The van der Waals surface area contributed by atoms with E-state index in [9.17, 15) is 5.11 Å². The quantitative estimate of drug-likeness (QED) is 0.789. The Bertz CT molecular complexity index is 329. The highest BCUT2D eigenvalue weighted by molar-refractivity contribution is 7.99. The first-order chi connectivity index (χ1) is 7.87. The smallest absolute Gasteiger partial charge is 0.0718 e. The zero-order chi connectivity index (χ0) is 12.9. The van der Waals surface area contributed by atoms with Crippen molar-refractivity contribution in [2.24, 2.45) is 0 Å². The number of thioether (sulfide) groups is 1. The molecule has 2 nitrogen and oxygen atoms in total. The minimum Gasteiger partial charge on any atom is -0.389 e. The average Bonchev–Trinajstić information content (AvgIpc) is 2.18. The molecule has 0 unspecified atom stereocenters. The summed E-state index contributed by atoms with van der Waals surface area (Å²) < 4.78 is 0. The highest BCUT2D eigenvalue weighted by Crippen LogP contribution is 2.18.